The zero-order valence-corrected chi connectivity index (χ0v) is 10.8. The molecule has 0 aliphatic carbocycles. The molecule has 0 fully saturated rings. The molecule has 0 radical (unpaired) electrons. The summed E-state index contributed by atoms with van der Waals surface area (Å²) < 4.78 is 3.28. The van der Waals surface area contributed by atoms with Gasteiger partial charge in [-0.05, 0) is 26.8 Å². The third kappa shape index (κ3) is 2.00. The summed E-state index contributed by atoms with van der Waals surface area (Å²) in [4.78, 5) is 11.8. The SMILES string of the molecule is Cc1nn(C(C)C)c(-n2ccccc2=O)c1Cl. The van der Waals surface area contributed by atoms with E-state index < -0.39 is 0 Å². The first kappa shape index (κ1) is 11.9. The van der Waals surface area contributed by atoms with E-state index in [2.05, 4.69) is 5.10 Å². The highest BCUT2D eigenvalue weighted by atomic mass is 35.5. The second-order valence-corrected chi connectivity index (χ2v) is 4.55. The lowest BCUT2D eigenvalue weighted by molar-refractivity contribution is 0.517. The van der Waals surface area contributed by atoms with Gasteiger partial charge in [0.1, 0.15) is 5.02 Å². The third-order valence-electron chi connectivity index (χ3n) is 2.53. The first-order chi connectivity index (χ1) is 8.02. The maximum Gasteiger partial charge on any atom is 0.256 e. The molecule has 90 valence electrons. The Morgan fingerprint density at radius 1 is 1.35 bits per heavy atom. The van der Waals surface area contributed by atoms with Crippen LogP contribution in [0.1, 0.15) is 25.6 Å². The number of aromatic nitrogens is 3. The van der Waals surface area contributed by atoms with Crippen LogP contribution in [0, 0.1) is 6.92 Å². The van der Waals surface area contributed by atoms with Crippen LogP contribution < -0.4 is 5.56 Å². The molecule has 17 heavy (non-hydrogen) atoms. The number of rotatable bonds is 2. The highest BCUT2D eigenvalue weighted by Gasteiger charge is 2.17. The number of hydrogen-bond donors (Lipinski definition) is 0. The Kier molecular flexibility index (Phi) is 3.07. The Hall–Kier alpha value is -1.55. The summed E-state index contributed by atoms with van der Waals surface area (Å²) in [5.74, 6) is 0.629. The maximum absolute atomic E-state index is 11.8. The van der Waals surface area contributed by atoms with Gasteiger partial charge in [-0.1, -0.05) is 17.7 Å². The number of pyridine rings is 1. The fraction of sp³-hybridized carbons (Fsp3) is 0.333. The molecule has 0 amide bonds. The van der Waals surface area contributed by atoms with Crippen molar-refractivity contribution in [3.8, 4) is 5.82 Å². The zero-order chi connectivity index (χ0) is 12.6. The van der Waals surface area contributed by atoms with E-state index in [0.29, 0.717) is 10.8 Å². The molecule has 0 aliphatic rings. The standard InChI is InChI=1S/C12H14ClN3O/c1-8(2)16-12(11(13)9(3)14-16)15-7-5-4-6-10(15)17/h4-8H,1-3H3. The van der Waals surface area contributed by atoms with Crippen molar-refractivity contribution < 1.29 is 0 Å². The molecule has 0 saturated carbocycles. The summed E-state index contributed by atoms with van der Waals surface area (Å²) in [7, 11) is 0. The van der Waals surface area contributed by atoms with Gasteiger partial charge in [-0.15, -0.1) is 0 Å². The van der Waals surface area contributed by atoms with E-state index in [-0.39, 0.29) is 11.6 Å². The number of nitrogens with zero attached hydrogens (tertiary/aromatic N) is 3. The quantitative estimate of drug-likeness (QED) is 0.823. The Balaban J connectivity index is 2.75. The minimum atomic E-state index is -0.115. The number of hydrogen-bond acceptors (Lipinski definition) is 2. The van der Waals surface area contributed by atoms with Crippen LogP contribution in [0.25, 0.3) is 5.82 Å². The van der Waals surface area contributed by atoms with Gasteiger partial charge >= 0.3 is 0 Å². The van der Waals surface area contributed by atoms with Crippen molar-refractivity contribution >= 4 is 11.6 Å². The van der Waals surface area contributed by atoms with Gasteiger partial charge in [-0.3, -0.25) is 9.36 Å². The predicted octanol–water partition coefficient (Wildman–Crippen LogP) is 2.58. The van der Waals surface area contributed by atoms with Crippen LogP contribution in [0.3, 0.4) is 0 Å². The maximum atomic E-state index is 11.8. The van der Waals surface area contributed by atoms with Gasteiger partial charge in [0.2, 0.25) is 0 Å². The van der Waals surface area contributed by atoms with Crippen LogP contribution >= 0.6 is 11.6 Å². The molecular weight excluding hydrogens is 238 g/mol. The van der Waals surface area contributed by atoms with Crippen molar-refractivity contribution in [1.29, 1.82) is 0 Å². The molecule has 0 N–H and O–H groups in total. The molecule has 5 heteroatoms. The molecule has 4 nitrogen and oxygen atoms in total. The molecule has 0 saturated heterocycles. The summed E-state index contributed by atoms with van der Waals surface area (Å²) >= 11 is 6.22. The molecule has 0 bridgehead atoms. The van der Waals surface area contributed by atoms with Crippen LogP contribution in [0.15, 0.2) is 29.2 Å². The van der Waals surface area contributed by atoms with Crippen molar-refractivity contribution in [2.75, 3.05) is 0 Å². The van der Waals surface area contributed by atoms with E-state index in [1.165, 1.54) is 10.6 Å². The minimum Gasteiger partial charge on any atom is -0.269 e. The molecular formula is C12H14ClN3O. The highest BCUT2D eigenvalue weighted by Crippen LogP contribution is 2.25. The molecule has 0 aromatic carbocycles. The summed E-state index contributed by atoms with van der Waals surface area (Å²) in [6.07, 6.45) is 1.70. The second kappa shape index (κ2) is 4.37. The third-order valence-corrected chi connectivity index (χ3v) is 2.97. The summed E-state index contributed by atoms with van der Waals surface area (Å²) in [6.45, 7) is 5.83. The molecule has 0 spiro atoms. The molecule has 2 rings (SSSR count). The highest BCUT2D eigenvalue weighted by molar-refractivity contribution is 6.32. The van der Waals surface area contributed by atoms with E-state index in [0.717, 1.165) is 5.69 Å². The molecule has 2 heterocycles. The topological polar surface area (TPSA) is 39.8 Å². The fourth-order valence-corrected chi connectivity index (χ4v) is 1.91. The minimum absolute atomic E-state index is 0.115. The van der Waals surface area contributed by atoms with Crippen LogP contribution in [-0.2, 0) is 0 Å². The summed E-state index contributed by atoms with van der Waals surface area (Å²) in [5.41, 5.74) is 0.613. The average molecular weight is 252 g/mol. The number of halogens is 1. The Morgan fingerprint density at radius 2 is 2.06 bits per heavy atom. The van der Waals surface area contributed by atoms with Crippen LogP contribution in [0.4, 0.5) is 0 Å². The van der Waals surface area contributed by atoms with Gasteiger partial charge in [-0.25, -0.2) is 4.68 Å². The molecule has 0 unspecified atom stereocenters. The Labute approximate surface area is 104 Å². The Bertz CT molecular complexity index is 598. The number of aryl methyl sites for hydroxylation is 1. The van der Waals surface area contributed by atoms with Crippen molar-refractivity contribution in [2.24, 2.45) is 0 Å². The lowest BCUT2D eigenvalue weighted by Gasteiger charge is -2.12. The fourth-order valence-electron chi connectivity index (χ4n) is 1.69. The van der Waals surface area contributed by atoms with Crippen molar-refractivity contribution in [3.05, 3.63) is 45.5 Å². The van der Waals surface area contributed by atoms with Crippen LogP contribution in [0.5, 0.6) is 0 Å². The second-order valence-electron chi connectivity index (χ2n) is 4.17. The van der Waals surface area contributed by atoms with E-state index in [4.69, 9.17) is 11.6 Å². The molecule has 0 atom stereocenters. The Morgan fingerprint density at radius 3 is 2.65 bits per heavy atom. The first-order valence-electron chi connectivity index (χ1n) is 5.45. The van der Waals surface area contributed by atoms with Crippen molar-refractivity contribution in [2.45, 2.75) is 26.8 Å². The lowest BCUT2D eigenvalue weighted by Crippen LogP contribution is -2.20. The predicted molar refractivity (Wildman–Crippen MR) is 68.0 cm³/mol. The van der Waals surface area contributed by atoms with Crippen molar-refractivity contribution in [3.63, 3.8) is 0 Å². The zero-order valence-electron chi connectivity index (χ0n) is 10.0. The average Bonchev–Trinajstić information content (AvgIpc) is 2.57. The van der Waals surface area contributed by atoms with Crippen LogP contribution in [0.2, 0.25) is 5.02 Å². The van der Waals surface area contributed by atoms with Gasteiger partial charge in [0.25, 0.3) is 5.56 Å². The van der Waals surface area contributed by atoms with E-state index in [1.54, 1.807) is 23.0 Å². The summed E-state index contributed by atoms with van der Waals surface area (Å²) in [6, 6.07) is 5.15. The normalized spacial score (nSPS) is 11.1. The smallest absolute Gasteiger partial charge is 0.256 e. The molecule has 0 aliphatic heterocycles. The largest absolute Gasteiger partial charge is 0.269 e. The van der Waals surface area contributed by atoms with Gasteiger partial charge in [-0.2, -0.15) is 5.10 Å². The van der Waals surface area contributed by atoms with Gasteiger partial charge in [0, 0.05) is 18.3 Å². The van der Waals surface area contributed by atoms with E-state index in [9.17, 15) is 4.79 Å². The van der Waals surface area contributed by atoms with E-state index in [1.807, 2.05) is 20.8 Å². The van der Waals surface area contributed by atoms with Gasteiger partial charge < -0.3 is 0 Å². The lowest BCUT2D eigenvalue weighted by atomic mass is 10.4. The van der Waals surface area contributed by atoms with Gasteiger partial charge in [0.05, 0.1) is 5.69 Å². The van der Waals surface area contributed by atoms with Crippen molar-refractivity contribution in [1.82, 2.24) is 14.3 Å². The first-order valence-corrected chi connectivity index (χ1v) is 5.83. The molecule has 2 aromatic heterocycles. The van der Waals surface area contributed by atoms with Gasteiger partial charge in [0.15, 0.2) is 5.82 Å². The molecule has 2 aromatic rings. The monoisotopic (exact) mass is 251 g/mol. The van der Waals surface area contributed by atoms with Crippen LogP contribution in [-0.4, -0.2) is 14.3 Å². The van der Waals surface area contributed by atoms with E-state index >= 15 is 0 Å². The summed E-state index contributed by atoms with van der Waals surface area (Å²) in [5, 5.41) is 4.87.